The molecule has 0 aliphatic carbocycles. The summed E-state index contributed by atoms with van der Waals surface area (Å²) in [7, 11) is 0. The van der Waals surface area contributed by atoms with E-state index < -0.39 is 11.2 Å². The molecule has 1 unspecified atom stereocenters. The Morgan fingerprint density at radius 2 is 1.55 bits per heavy atom. The van der Waals surface area contributed by atoms with Crippen LogP contribution in [0.1, 0.15) is 25.1 Å². The molecule has 3 nitrogen and oxygen atoms in total. The molecule has 0 amide bonds. The maximum Gasteiger partial charge on any atom is 0.275 e. The lowest BCUT2D eigenvalue weighted by molar-refractivity contribution is -0.873. The lowest BCUT2D eigenvalue weighted by atomic mass is 9.78. The van der Waals surface area contributed by atoms with Gasteiger partial charge in [0.15, 0.2) is 0 Å². The average molecular weight is 292 g/mol. The summed E-state index contributed by atoms with van der Waals surface area (Å²) < 4.78 is 1.77. The van der Waals surface area contributed by atoms with E-state index in [1.807, 2.05) is 80.6 Å². The highest BCUT2D eigenvalue weighted by molar-refractivity contribution is 5.75. The van der Waals surface area contributed by atoms with Gasteiger partial charge in [0, 0.05) is 16.9 Å². The Labute approximate surface area is 129 Å². The first-order chi connectivity index (χ1) is 10.5. The zero-order chi connectivity index (χ0) is 15.4. The molecule has 0 fully saturated rings. The fourth-order valence-electron chi connectivity index (χ4n) is 3.32. The summed E-state index contributed by atoms with van der Waals surface area (Å²) in [6.45, 7) is 3.84. The minimum absolute atomic E-state index is 0.752. The SMILES string of the molecule is CC1(C)O[n+]2c(ccc3ccccc32)C1(O)c1ccccc1. The fourth-order valence-corrected chi connectivity index (χ4v) is 3.32. The summed E-state index contributed by atoms with van der Waals surface area (Å²) >= 11 is 0. The van der Waals surface area contributed by atoms with Crippen LogP contribution in [-0.2, 0) is 5.60 Å². The standard InChI is InChI=1S/C19H18NO2/c1-18(2)19(21,15-9-4-3-5-10-15)17-13-12-14-8-6-7-11-16(14)20(17)22-18/h3-13,21H,1-2H3/q+1. The van der Waals surface area contributed by atoms with Gasteiger partial charge in [-0.3, -0.25) is 4.84 Å². The normalized spacial score (nSPS) is 22.3. The van der Waals surface area contributed by atoms with Gasteiger partial charge in [-0.15, -0.1) is 0 Å². The van der Waals surface area contributed by atoms with Gasteiger partial charge in [-0.2, -0.15) is 0 Å². The Kier molecular flexibility index (Phi) is 2.60. The second-order valence-corrected chi connectivity index (χ2v) is 6.25. The summed E-state index contributed by atoms with van der Waals surface area (Å²) in [6, 6.07) is 21.7. The number of aromatic nitrogens is 1. The van der Waals surface area contributed by atoms with Gasteiger partial charge in [-0.05, 0) is 31.5 Å². The number of nitrogens with zero attached hydrogens (tertiary/aromatic N) is 1. The minimum Gasteiger partial charge on any atom is -0.371 e. The number of aliphatic hydroxyl groups is 1. The van der Waals surface area contributed by atoms with E-state index in [0.29, 0.717) is 0 Å². The highest BCUT2D eigenvalue weighted by atomic mass is 16.7. The molecule has 0 saturated heterocycles. The molecule has 0 saturated carbocycles. The number of pyridine rings is 1. The van der Waals surface area contributed by atoms with Crippen LogP contribution in [-0.4, -0.2) is 10.7 Å². The molecule has 2 aromatic carbocycles. The number of fused-ring (bicyclic) bond motifs is 3. The van der Waals surface area contributed by atoms with Gasteiger partial charge in [0.2, 0.25) is 11.2 Å². The van der Waals surface area contributed by atoms with Crippen LogP contribution in [0.3, 0.4) is 0 Å². The van der Waals surface area contributed by atoms with E-state index >= 15 is 0 Å². The smallest absolute Gasteiger partial charge is 0.275 e. The first-order valence-electron chi connectivity index (χ1n) is 7.46. The molecule has 1 atom stereocenters. The van der Waals surface area contributed by atoms with E-state index in [-0.39, 0.29) is 0 Å². The van der Waals surface area contributed by atoms with Crippen molar-refractivity contribution in [1.82, 2.24) is 0 Å². The van der Waals surface area contributed by atoms with Gasteiger partial charge in [0.25, 0.3) is 11.2 Å². The van der Waals surface area contributed by atoms with E-state index in [1.165, 1.54) is 0 Å². The monoisotopic (exact) mass is 292 g/mol. The Bertz CT molecular complexity index is 858. The van der Waals surface area contributed by atoms with Crippen LogP contribution < -0.4 is 9.57 Å². The lowest BCUT2D eigenvalue weighted by Crippen LogP contribution is -2.50. The summed E-state index contributed by atoms with van der Waals surface area (Å²) in [4.78, 5) is 6.14. The molecule has 4 rings (SSSR count). The minimum atomic E-state index is -1.20. The quantitative estimate of drug-likeness (QED) is 0.699. The third kappa shape index (κ3) is 1.57. The molecule has 22 heavy (non-hydrogen) atoms. The number of hydrogen-bond donors (Lipinski definition) is 1. The molecule has 3 aromatic rings. The van der Waals surface area contributed by atoms with Crippen molar-refractivity contribution in [3.8, 4) is 0 Å². The zero-order valence-electron chi connectivity index (χ0n) is 12.7. The third-order valence-electron chi connectivity index (χ3n) is 4.55. The maximum absolute atomic E-state index is 11.6. The zero-order valence-corrected chi connectivity index (χ0v) is 12.7. The first kappa shape index (κ1) is 13.3. The Hall–Kier alpha value is -2.39. The molecule has 3 heteroatoms. The van der Waals surface area contributed by atoms with Crippen molar-refractivity contribution in [2.75, 3.05) is 0 Å². The highest BCUT2D eigenvalue weighted by Crippen LogP contribution is 2.42. The number of benzene rings is 2. The second kappa shape index (κ2) is 4.31. The van der Waals surface area contributed by atoms with Crippen molar-refractivity contribution in [3.05, 3.63) is 78.0 Å². The van der Waals surface area contributed by atoms with Crippen molar-refractivity contribution in [3.63, 3.8) is 0 Å². The van der Waals surface area contributed by atoms with Crippen LogP contribution in [0.5, 0.6) is 0 Å². The van der Waals surface area contributed by atoms with E-state index in [0.717, 1.165) is 22.2 Å². The van der Waals surface area contributed by atoms with E-state index in [4.69, 9.17) is 4.84 Å². The summed E-state index contributed by atoms with van der Waals surface area (Å²) in [5.41, 5.74) is 0.577. The van der Waals surface area contributed by atoms with E-state index in [2.05, 4.69) is 0 Å². The molecule has 110 valence electrons. The fraction of sp³-hybridized carbons (Fsp3) is 0.211. The molecule has 1 aliphatic rings. The van der Waals surface area contributed by atoms with Crippen LogP contribution in [0.4, 0.5) is 0 Å². The third-order valence-corrected chi connectivity index (χ3v) is 4.55. The van der Waals surface area contributed by atoms with Crippen LogP contribution in [0, 0.1) is 0 Å². The molecular weight excluding hydrogens is 274 g/mol. The molecular formula is C19H18NO2+. The molecule has 1 aliphatic heterocycles. The predicted octanol–water partition coefficient (Wildman–Crippen LogP) is 2.58. The van der Waals surface area contributed by atoms with Crippen LogP contribution in [0.15, 0.2) is 66.7 Å². The Morgan fingerprint density at radius 3 is 2.32 bits per heavy atom. The van der Waals surface area contributed by atoms with Gasteiger partial charge in [0.1, 0.15) is 0 Å². The van der Waals surface area contributed by atoms with Gasteiger partial charge in [-0.25, -0.2) is 0 Å². The van der Waals surface area contributed by atoms with Crippen LogP contribution >= 0.6 is 0 Å². The van der Waals surface area contributed by atoms with E-state index in [9.17, 15) is 5.11 Å². The van der Waals surface area contributed by atoms with Gasteiger partial charge < -0.3 is 5.11 Å². The summed E-state index contributed by atoms with van der Waals surface area (Å²) in [6.07, 6.45) is 0. The largest absolute Gasteiger partial charge is 0.371 e. The molecule has 0 radical (unpaired) electrons. The topological polar surface area (TPSA) is 33.3 Å². The van der Waals surface area contributed by atoms with Crippen molar-refractivity contribution in [2.24, 2.45) is 0 Å². The van der Waals surface area contributed by atoms with Gasteiger partial charge >= 0.3 is 0 Å². The number of rotatable bonds is 1. The van der Waals surface area contributed by atoms with Crippen molar-refractivity contribution in [1.29, 1.82) is 0 Å². The number of hydrogen-bond acceptors (Lipinski definition) is 2. The second-order valence-electron chi connectivity index (χ2n) is 6.25. The predicted molar refractivity (Wildman–Crippen MR) is 84.2 cm³/mol. The van der Waals surface area contributed by atoms with Crippen molar-refractivity contribution < 1.29 is 14.7 Å². The van der Waals surface area contributed by atoms with Crippen molar-refractivity contribution in [2.45, 2.75) is 25.0 Å². The first-order valence-corrected chi connectivity index (χ1v) is 7.46. The number of para-hydroxylation sites is 1. The summed E-state index contributed by atoms with van der Waals surface area (Å²) in [5, 5.41) is 12.6. The Balaban J connectivity index is 2.05. The molecule has 1 aromatic heterocycles. The van der Waals surface area contributed by atoms with Crippen LogP contribution in [0.2, 0.25) is 0 Å². The van der Waals surface area contributed by atoms with Gasteiger partial charge in [-0.1, -0.05) is 42.5 Å². The molecule has 2 heterocycles. The van der Waals surface area contributed by atoms with Crippen LogP contribution in [0.25, 0.3) is 10.9 Å². The summed E-state index contributed by atoms with van der Waals surface area (Å²) in [5.74, 6) is 0. The maximum atomic E-state index is 11.6. The molecule has 0 bridgehead atoms. The van der Waals surface area contributed by atoms with E-state index in [1.54, 1.807) is 4.73 Å². The van der Waals surface area contributed by atoms with Gasteiger partial charge in [0.05, 0.1) is 5.39 Å². The average Bonchev–Trinajstić information content (AvgIpc) is 2.76. The van der Waals surface area contributed by atoms with Crippen molar-refractivity contribution >= 4 is 10.9 Å². The lowest BCUT2D eigenvalue weighted by Gasteiger charge is -2.28. The molecule has 0 spiro atoms. The highest BCUT2D eigenvalue weighted by Gasteiger charge is 2.63. The Morgan fingerprint density at radius 1 is 0.864 bits per heavy atom. The molecule has 1 N–H and O–H groups in total.